The molecule has 0 bridgehead atoms. The molecule has 1 aliphatic carbocycles. The first-order valence-corrected chi connectivity index (χ1v) is 6.60. The quantitative estimate of drug-likeness (QED) is 0.787. The van der Waals surface area contributed by atoms with E-state index in [4.69, 9.17) is 11.6 Å². The van der Waals surface area contributed by atoms with Crippen LogP contribution in [0, 0.1) is 11.3 Å². The van der Waals surface area contributed by atoms with Crippen LogP contribution in [-0.4, -0.2) is 30.5 Å². The molecular weight excluding hydrogens is 264 g/mol. The van der Waals surface area contributed by atoms with Crippen LogP contribution >= 0.6 is 11.6 Å². The zero-order chi connectivity index (χ0) is 13.8. The lowest BCUT2D eigenvalue weighted by Crippen LogP contribution is -2.47. The zero-order valence-electron chi connectivity index (χ0n) is 10.3. The van der Waals surface area contributed by atoms with Gasteiger partial charge in [-0.25, -0.2) is 0 Å². The Hall–Kier alpha value is -0.710. The maximum Gasteiger partial charge on any atom is 0.315 e. The molecule has 0 radical (unpaired) electrons. The van der Waals surface area contributed by atoms with Crippen molar-refractivity contribution in [2.75, 3.05) is 12.4 Å². The van der Waals surface area contributed by atoms with E-state index in [1.54, 1.807) is 0 Å². The van der Waals surface area contributed by atoms with Crippen molar-refractivity contribution < 1.29 is 18.4 Å². The van der Waals surface area contributed by atoms with Gasteiger partial charge in [0.05, 0.1) is 5.88 Å². The number of nitrogens with one attached hydrogen (secondary N) is 1. The monoisotopic (exact) mass is 281 g/mol. The van der Waals surface area contributed by atoms with Crippen LogP contribution in [0.25, 0.3) is 0 Å². The number of amides is 1. The van der Waals surface area contributed by atoms with Gasteiger partial charge in [0.2, 0.25) is 0 Å². The Morgan fingerprint density at radius 1 is 1.39 bits per heavy atom. The molecule has 104 valence electrons. The summed E-state index contributed by atoms with van der Waals surface area (Å²) in [6.07, 6.45) is -0.136. The summed E-state index contributed by atoms with van der Waals surface area (Å²) in [5.74, 6) is -1.10. The van der Waals surface area contributed by atoms with Gasteiger partial charge in [-0.1, -0.05) is 6.92 Å². The molecule has 1 rings (SSSR count). The van der Waals surface area contributed by atoms with Crippen molar-refractivity contribution in [1.29, 1.82) is 0 Å². The fourth-order valence-corrected chi connectivity index (χ4v) is 2.63. The molecule has 1 amide bonds. The predicted molar refractivity (Wildman–Crippen MR) is 64.8 cm³/mol. The lowest BCUT2D eigenvalue weighted by Gasteiger charge is -2.37. The van der Waals surface area contributed by atoms with Crippen molar-refractivity contribution in [3.8, 4) is 0 Å². The molecule has 0 aliphatic heterocycles. The van der Waals surface area contributed by atoms with Crippen molar-refractivity contribution in [3.63, 3.8) is 0 Å². The standard InChI is InChI=1S/C12H18ClF2NO2/c1-8-2-4-12(5-3-8,9(17)6-13)7-16-11(18)10(14)15/h8,10H,2-7H2,1H3,(H,16,18). The van der Waals surface area contributed by atoms with E-state index in [2.05, 4.69) is 12.2 Å². The van der Waals surface area contributed by atoms with E-state index in [1.807, 2.05) is 0 Å². The Kier molecular flexibility index (Phi) is 5.50. The lowest BCUT2D eigenvalue weighted by atomic mass is 9.68. The number of hydrogen-bond donors (Lipinski definition) is 1. The highest BCUT2D eigenvalue weighted by atomic mass is 35.5. The number of rotatable bonds is 5. The third-order valence-electron chi connectivity index (χ3n) is 3.74. The Bertz CT molecular complexity index is 315. The van der Waals surface area contributed by atoms with E-state index < -0.39 is 17.7 Å². The van der Waals surface area contributed by atoms with Gasteiger partial charge in [0, 0.05) is 12.0 Å². The Morgan fingerprint density at radius 2 is 1.94 bits per heavy atom. The summed E-state index contributed by atoms with van der Waals surface area (Å²) >= 11 is 5.58. The average Bonchev–Trinajstić information content (AvgIpc) is 2.37. The van der Waals surface area contributed by atoms with E-state index in [1.165, 1.54) is 0 Å². The second kappa shape index (κ2) is 6.45. The SMILES string of the molecule is CC1CCC(CNC(=O)C(F)F)(C(=O)CCl)CC1. The van der Waals surface area contributed by atoms with Crippen molar-refractivity contribution in [2.24, 2.45) is 11.3 Å². The summed E-state index contributed by atoms with van der Waals surface area (Å²) in [5, 5.41) is 2.15. The minimum atomic E-state index is -3.05. The second-order valence-corrected chi connectivity index (χ2v) is 5.31. The summed E-state index contributed by atoms with van der Waals surface area (Å²) in [7, 11) is 0. The summed E-state index contributed by atoms with van der Waals surface area (Å²) < 4.78 is 24.3. The molecule has 1 saturated carbocycles. The third-order valence-corrected chi connectivity index (χ3v) is 3.99. The van der Waals surface area contributed by atoms with E-state index in [0.717, 1.165) is 12.8 Å². The lowest BCUT2D eigenvalue weighted by molar-refractivity contribution is -0.134. The highest BCUT2D eigenvalue weighted by Gasteiger charge is 2.40. The normalized spacial score (nSPS) is 28.2. The van der Waals surface area contributed by atoms with Gasteiger partial charge < -0.3 is 5.32 Å². The van der Waals surface area contributed by atoms with Gasteiger partial charge in [0.15, 0.2) is 5.78 Å². The van der Waals surface area contributed by atoms with Crippen LogP contribution in [0.5, 0.6) is 0 Å². The van der Waals surface area contributed by atoms with Crippen molar-refractivity contribution >= 4 is 23.3 Å². The molecule has 1 N–H and O–H groups in total. The molecule has 6 heteroatoms. The van der Waals surface area contributed by atoms with Gasteiger partial charge in [-0.15, -0.1) is 11.6 Å². The minimum absolute atomic E-state index is 0.0333. The predicted octanol–water partition coefficient (Wildman–Crippen LogP) is 2.37. The van der Waals surface area contributed by atoms with Gasteiger partial charge in [0.1, 0.15) is 0 Å². The van der Waals surface area contributed by atoms with E-state index >= 15 is 0 Å². The second-order valence-electron chi connectivity index (χ2n) is 5.04. The molecule has 0 saturated heterocycles. The van der Waals surface area contributed by atoms with Gasteiger partial charge >= 0.3 is 6.43 Å². The first-order valence-electron chi connectivity index (χ1n) is 6.06. The number of carbonyl (C=O) groups excluding carboxylic acids is 2. The van der Waals surface area contributed by atoms with Crippen LogP contribution in [0.3, 0.4) is 0 Å². The summed E-state index contributed by atoms with van der Waals surface area (Å²) in [5.41, 5.74) is -0.751. The molecule has 3 nitrogen and oxygen atoms in total. The minimum Gasteiger partial charge on any atom is -0.350 e. The number of halogens is 3. The van der Waals surface area contributed by atoms with Crippen LogP contribution in [0.4, 0.5) is 8.78 Å². The first-order chi connectivity index (χ1) is 8.41. The maximum absolute atomic E-state index is 12.1. The van der Waals surface area contributed by atoms with Crippen molar-refractivity contribution in [2.45, 2.75) is 39.0 Å². The molecule has 0 aromatic carbocycles. The van der Waals surface area contributed by atoms with Gasteiger partial charge in [0.25, 0.3) is 5.91 Å². The number of Topliss-reactive ketones (excluding diaryl/α,β-unsaturated/α-hetero) is 1. The maximum atomic E-state index is 12.1. The van der Waals surface area contributed by atoms with Crippen LogP contribution in [0.1, 0.15) is 32.6 Å². The first kappa shape index (κ1) is 15.3. The highest BCUT2D eigenvalue weighted by molar-refractivity contribution is 6.28. The van der Waals surface area contributed by atoms with Crippen molar-refractivity contribution in [1.82, 2.24) is 5.32 Å². The molecule has 0 unspecified atom stereocenters. The molecule has 0 heterocycles. The third kappa shape index (κ3) is 3.64. The fraction of sp³-hybridized carbons (Fsp3) is 0.833. The summed E-state index contributed by atoms with van der Waals surface area (Å²) in [4.78, 5) is 22.8. The Labute approximate surface area is 110 Å². The van der Waals surface area contributed by atoms with Crippen molar-refractivity contribution in [3.05, 3.63) is 0 Å². The average molecular weight is 282 g/mol. The topological polar surface area (TPSA) is 46.2 Å². The smallest absolute Gasteiger partial charge is 0.315 e. The van der Waals surface area contributed by atoms with E-state index in [-0.39, 0.29) is 18.2 Å². The number of alkyl halides is 3. The molecule has 18 heavy (non-hydrogen) atoms. The van der Waals surface area contributed by atoms with Gasteiger partial charge in [-0.2, -0.15) is 8.78 Å². The van der Waals surface area contributed by atoms with Crippen LogP contribution < -0.4 is 5.32 Å². The summed E-state index contributed by atoms with van der Waals surface area (Å²) in [6.45, 7) is 2.06. The van der Waals surface area contributed by atoms with Gasteiger partial charge in [-0.05, 0) is 31.6 Å². The highest BCUT2D eigenvalue weighted by Crippen LogP contribution is 2.39. The van der Waals surface area contributed by atoms with Crippen LogP contribution in [-0.2, 0) is 9.59 Å². The molecule has 1 aliphatic rings. The largest absolute Gasteiger partial charge is 0.350 e. The molecule has 0 aromatic heterocycles. The Morgan fingerprint density at radius 3 is 2.39 bits per heavy atom. The van der Waals surface area contributed by atoms with Crippen LogP contribution in [0.2, 0.25) is 0 Å². The number of ketones is 1. The molecule has 0 atom stereocenters. The molecule has 1 fully saturated rings. The van der Waals surface area contributed by atoms with E-state index in [9.17, 15) is 18.4 Å². The van der Waals surface area contributed by atoms with Gasteiger partial charge in [-0.3, -0.25) is 9.59 Å². The van der Waals surface area contributed by atoms with E-state index in [0.29, 0.717) is 18.8 Å². The number of hydrogen-bond acceptors (Lipinski definition) is 2. The molecule has 0 spiro atoms. The molecular formula is C12H18ClF2NO2. The molecule has 0 aromatic rings. The van der Waals surface area contributed by atoms with Crippen LogP contribution in [0.15, 0.2) is 0 Å². The summed E-state index contributed by atoms with van der Waals surface area (Å²) in [6, 6.07) is 0. The fourth-order valence-electron chi connectivity index (χ4n) is 2.34. The number of carbonyl (C=O) groups is 2. The Balaban J connectivity index is 2.67. The zero-order valence-corrected chi connectivity index (χ0v) is 11.1.